The van der Waals surface area contributed by atoms with Crippen molar-refractivity contribution in [1.29, 1.82) is 0 Å². The molecule has 4 rings (SSSR count). The lowest BCUT2D eigenvalue weighted by Gasteiger charge is -2.39. The molecule has 0 fully saturated rings. The van der Waals surface area contributed by atoms with Crippen molar-refractivity contribution in [2.45, 2.75) is 47.3 Å². The average Bonchev–Trinajstić information content (AvgIpc) is 2.94. The molecule has 0 atom stereocenters. The fraction of sp³-hybridized carbons (Fsp3) is 0.226. The maximum atomic E-state index is 13.9. The van der Waals surface area contributed by atoms with Gasteiger partial charge in [-0.2, -0.15) is 8.42 Å². The molecule has 0 aliphatic heterocycles. The van der Waals surface area contributed by atoms with Crippen molar-refractivity contribution in [3.05, 3.63) is 103 Å². The van der Waals surface area contributed by atoms with E-state index in [9.17, 15) is 8.42 Å². The highest BCUT2D eigenvalue weighted by Gasteiger charge is 2.38. The van der Waals surface area contributed by atoms with E-state index in [1.165, 1.54) is 0 Å². The molecule has 6 nitrogen and oxygen atoms in total. The first-order chi connectivity index (χ1) is 18.8. The van der Waals surface area contributed by atoms with Gasteiger partial charge in [0.05, 0.1) is 24.7 Å². The molecule has 8 heteroatoms. The van der Waals surface area contributed by atoms with Gasteiger partial charge in [0, 0.05) is 14.7 Å². The van der Waals surface area contributed by atoms with E-state index in [4.69, 9.17) is 17.8 Å². The van der Waals surface area contributed by atoms with Crippen LogP contribution in [0.5, 0.6) is 17.2 Å². The number of hydrogen-bond donors (Lipinski definition) is 0. The largest absolute Gasteiger partial charge is 0.494 e. The third-order valence-corrected chi connectivity index (χ3v) is 11.1. The van der Waals surface area contributed by atoms with E-state index in [0.29, 0.717) is 51.8 Å². The first-order valence-electron chi connectivity index (χ1n) is 12.9. The SMILES string of the molecule is CCOc1ccc(S(OS(=O)(=O)c2ccc(C)cc2)(c2ccc(OCC)cc2)c2ccc(OCC)cc2)cc1. The molecular weight excluding hydrogens is 532 g/mol. The Morgan fingerprint density at radius 3 is 1.10 bits per heavy atom. The molecule has 0 aliphatic rings. The van der Waals surface area contributed by atoms with Crippen molar-refractivity contribution >= 4 is 20.4 Å². The molecule has 0 saturated heterocycles. The van der Waals surface area contributed by atoms with Gasteiger partial charge in [-0.1, -0.05) is 17.7 Å². The van der Waals surface area contributed by atoms with Gasteiger partial charge in [-0.3, -0.25) is 0 Å². The van der Waals surface area contributed by atoms with Crippen molar-refractivity contribution in [3.8, 4) is 17.2 Å². The molecule has 0 spiro atoms. The Morgan fingerprint density at radius 1 is 0.487 bits per heavy atom. The fourth-order valence-electron chi connectivity index (χ4n) is 4.09. The second-order valence-corrected chi connectivity index (χ2v) is 13.1. The molecule has 206 valence electrons. The van der Waals surface area contributed by atoms with Crippen LogP contribution in [0.1, 0.15) is 26.3 Å². The molecular formula is C31H34O6S2. The summed E-state index contributed by atoms with van der Waals surface area (Å²) in [5.74, 6) is 2.07. The Kier molecular flexibility index (Phi) is 9.22. The van der Waals surface area contributed by atoms with E-state index in [2.05, 4.69) is 0 Å². The van der Waals surface area contributed by atoms with Gasteiger partial charge in [0.15, 0.2) is 0 Å². The highest BCUT2D eigenvalue weighted by molar-refractivity contribution is 8.33. The number of hydrogen-bond acceptors (Lipinski definition) is 6. The first-order valence-corrected chi connectivity index (χ1v) is 15.8. The van der Waals surface area contributed by atoms with Crippen LogP contribution in [0.2, 0.25) is 0 Å². The monoisotopic (exact) mass is 566 g/mol. The van der Waals surface area contributed by atoms with Gasteiger partial charge in [0.2, 0.25) is 0 Å². The summed E-state index contributed by atoms with van der Waals surface area (Å²) in [4.78, 5) is 2.20. The molecule has 0 aromatic heterocycles. The Hall–Kier alpha value is -3.46. The van der Waals surface area contributed by atoms with Crippen molar-refractivity contribution in [1.82, 2.24) is 0 Å². The minimum absolute atomic E-state index is 0.0905. The normalized spacial score (nSPS) is 12.1. The summed E-state index contributed by atoms with van der Waals surface area (Å²) < 4.78 is 51.3. The minimum atomic E-state index is -4.20. The molecule has 39 heavy (non-hydrogen) atoms. The van der Waals surface area contributed by atoms with Gasteiger partial charge in [-0.15, -0.1) is 0 Å². The van der Waals surface area contributed by atoms with Crippen LogP contribution in [0.3, 0.4) is 0 Å². The number of ether oxygens (including phenoxy) is 3. The second kappa shape index (κ2) is 12.6. The molecule has 4 aromatic rings. The van der Waals surface area contributed by atoms with E-state index < -0.39 is 20.4 Å². The van der Waals surface area contributed by atoms with Crippen LogP contribution in [0.25, 0.3) is 0 Å². The van der Waals surface area contributed by atoms with Crippen molar-refractivity contribution in [3.63, 3.8) is 0 Å². The number of aryl methyl sites for hydroxylation is 1. The molecule has 0 unspecified atom stereocenters. The first kappa shape index (κ1) is 28.5. The Morgan fingerprint density at radius 2 is 0.795 bits per heavy atom. The summed E-state index contributed by atoms with van der Waals surface area (Å²) in [5, 5.41) is 0. The van der Waals surface area contributed by atoms with Crippen LogP contribution >= 0.6 is 10.3 Å². The van der Waals surface area contributed by atoms with Crippen molar-refractivity contribution in [2.24, 2.45) is 0 Å². The van der Waals surface area contributed by atoms with Gasteiger partial charge >= 0.3 is 10.1 Å². The van der Waals surface area contributed by atoms with Crippen LogP contribution in [0, 0.1) is 6.92 Å². The lowest BCUT2D eigenvalue weighted by atomic mass is 10.2. The van der Waals surface area contributed by atoms with E-state index in [1.807, 2.05) is 100 Å². The third kappa shape index (κ3) is 6.41. The smallest absolute Gasteiger partial charge is 0.307 e. The van der Waals surface area contributed by atoms with E-state index >= 15 is 0 Å². The summed E-state index contributed by atoms with van der Waals surface area (Å²) in [5.41, 5.74) is 0.956. The lowest BCUT2D eigenvalue weighted by Crippen LogP contribution is -2.14. The van der Waals surface area contributed by atoms with E-state index in [0.717, 1.165) is 5.56 Å². The summed E-state index contributed by atoms with van der Waals surface area (Å²) in [6, 6.07) is 28.9. The zero-order valence-electron chi connectivity index (χ0n) is 22.6. The van der Waals surface area contributed by atoms with Gasteiger partial charge in [0.25, 0.3) is 0 Å². The molecule has 0 aliphatic carbocycles. The predicted octanol–water partition coefficient (Wildman–Crippen LogP) is 7.79. The van der Waals surface area contributed by atoms with Crippen LogP contribution in [-0.4, -0.2) is 28.2 Å². The van der Waals surface area contributed by atoms with Crippen LogP contribution in [0.4, 0.5) is 0 Å². The lowest BCUT2D eigenvalue weighted by molar-refractivity contribution is 0.340. The standard InChI is InChI=1S/C31H34O6S2/c1-5-34-25-10-18-28(19-11-25)38(29-20-12-26(13-21-29)35-6-2,30-22-14-27(15-23-30)36-7-3)37-39(32,33)31-16-8-24(4)9-17-31/h8-23H,5-7H2,1-4H3. The summed E-state index contributed by atoms with van der Waals surface area (Å²) in [6.07, 6.45) is 0. The molecule has 0 heterocycles. The highest BCUT2D eigenvalue weighted by Crippen LogP contribution is 2.70. The molecule has 0 N–H and O–H groups in total. The van der Waals surface area contributed by atoms with Gasteiger partial charge in [0.1, 0.15) is 17.2 Å². The molecule has 0 bridgehead atoms. The number of benzene rings is 4. The number of rotatable bonds is 12. The average molecular weight is 567 g/mol. The summed E-state index contributed by atoms with van der Waals surface area (Å²) in [6.45, 7) is 9.22. The topological polar surface area (TPSA) is 71.1 Å². The zero-order chi connectivity index (χ0) is 27.9. The van der Waals surface area contributed by atoms with Crippen LogP contribution in [-0.2, 0) is 13.7 Å². The summed E-state index contributed by atoms with van der Waals surface area (Å²) in [7, 11) is -7.00. The quantitative estimate of drug-likeness (QED) is 0.174. The van der Waals surface area contributed by atoms with Gasteiger partial charge in [-0.25, -0.2) is 3.63 Å². The maximum absolute atomic E-state index is 13.9. The molecule has 0 saturated carbocycles. The zero-order valence-corrected chi connectivity index (χ0v) is 24.3. The maximum Gasteiger partial charge on any atom is 0.307 e. The highest BCUT2D eigenvalue weighted by atomic mass is 32.3. The van der Waals surface area contributed by atoms with E-state index in [1.54, 1.807) is 24.3 Å². The summed E-state index contributed by atoms with van der Waals surface area (Å²) >= 11 is 0. The Bertz CT molecular complexity index is 1330. The van der Waals surface area contributed by atoms with Gasteiger partial charge in [-0.05, 0) is 123 Å². The third-order valence-electron chi connectivity index (χ3n) is 5.90. The minimum Gasteiger partial charge on any atom is -0.494 e. The fourth-order valence-corrected chi connectivity index (χ4v) is 9.26. The molecule has 0 amide bonds. The molecule has 0 radical (unpaired) electrons. The Balaban J connectivity index is 1.97. The van der Waals surface area contributed by atoms with Gasteiger partial charge < -0.3 is 14.2 Å². The Labute approximate surface area is 233 Å². The van der Waals surface area contributed by atoms with E-state index in [-0.39, 0.29) is 4.90 Å². The van der Waals surface area contributed by atoms with Crippen molar-refractivity contribution in [2.75, 3.05) is 19.8 Å². The predicted molar refractivity (Wildman–Crippen MR) is 155 cm³/mol. The second-order valence-electron chi connectivity index (χ2n) is 8.60. The molecule has 4 aromatic carbocycles. The van der Waals surface area contributed by atoms with Crippen molar-refractivity contribution < 1.29 is 26.3 Å². The van der Waals surface area contributed by atoms with Crippen LogP contribution in [0.15, 0.2) is 117 Å². The van der Waals surface area contributed by atoms with Crippen LogP contribution < -0.4 is 14.2 Å².